The maximum atomic E-state index is 12.0. The molecule has 2 aliphatic heterocycles. The lowest BCUT2D eigenvalue weighted by Crippen LogP contribution is -2.46. The molecular formula is C25H29N5O3. The van der Waals surface area contributed by atoms with Gasteiger partial charge in [0.25, 0.3) is 0 Å². The SMILES string of the molecule is CC(C)(C)OC(=O)NC1CCN(c2ccc(-n3cc4c(n3)-c3cccnc3OC4)cc2)CC1. The molecule has 0 saturated carbocycles. The molecule has 1 aromatic carbocycles. The highest BCUT2D eigenvalue weighted by Gasteiger charge is 2.24. The van der Waals surface area contributed by atoms with Gasteiger partial charge in [-0.3, -0.25) is 0 Å². The number of alkyl carbamates (subject to hydrolysis) is 1. The predicted octanol–water partition coefficient (Wildman–Crippen LogP) is 4.32. The number of nitrogens with one attached hydrogen (secondary N) is 1. The van der Waals surface area contributed by atoms with Gasteiger partial charge in [0.2, 0.25) is 5.88 Å². The van der Waals surface area contributed by atoms with E-state index < -0.39 is 5.60 Å². The first-order valence-corrected chi connectivity index (χ1v) is 11.4. The number of hydrogen-bond donors (Lipinski definition) is 1. The Morgan fingerprint density at radius 3 is 2.58 bits per heavy atom. The molecule has 2 aromatic heterocycles. The summed E-state index contributed by atoms with van der Waals surface area (Å²) < 4.78 is 13.0. The minimum absolute atomic E-state index is 0.144. The first-order valence-electron chi connectivity index (χ1n) is 11.4. The van der Waals surface area contributed by atoms with Crippen LogP contribution in [0.4, 0.5) is 10.5 Å². The van der Waals surface area contributed by atoms with Crippen LogP contribution in [0.2, 0.25) is 0 Å². The van der Waals surface area contributed by atoms with Gasteiger partial charge >= 0.3 is 6.09 Å². The predicted molar refractivity (Wildman–Crippen MR) is 126 cm³/mol. The second kappa shape index (κ2) is 8.42. The van der Waals surface area contributed by atoms with E-state index in [0.717, 1.165) is 48.4 Å². The lowest BCUT2D eigenvalue weighted by molar-refractivity contribution is 0.0497. The maximum absolute atomic E-state index is 12.0. The fourth-order valence-electron chi connectivity index (χ4n) is 4.28. The van der Waals surface area contributed by atoms with E-state index in [-0.39, 0.29) is 12.1 Å². The minimum atomic E-state index is -0.478. The molecule has 33 heavy (non-hydrogen) atoms. The van der Waals surface area contributed by atoms with Gasteiger partial charge < -0.3 is 19.7 Å². The van der Waals surface area contributed by atoms with Gasteiger partial charge in [-0.1, -0.05) is 0 Å². The van der Waals surface area contributed by atoms with Crippen LogP contribution in [0.1, 0.15) is 39.2 Å². The summed E-state index contributed by atoms with van der Waals surface area (Å²) in [6.07, 6.45) is 5.20. The first-order chi connectivity index (χ1) is 15.9. The summed E-state index contributed by atoms with van der Waals surface area (Å²) in [6.45, 7) is 7.88. The molecule has 0 unspecified atom stereocenters. The number of benzene rings is 1. The molecule has 3 aromatic rings. The monoisotopic (exact) mass is 447 g/mol. The van der Waals surface area contributed by atoms with Crippen molar-refractivity contribution in [3.8, 4) is 22.8 Å². The normalized spacial score (nSPS) is 15.9. The van der Waals surface area contributed by atoms with E-state index in [1.807, 2.05) is 43.8 Å². The molecule has 2 aliphatic rings. The number of anilines is 1. The van der Waals surface area contributed by atoms with Crippen LogP contribution in [0.5, 0.6) is 5.88 Å². The molecule has 1 saturated heterocycles. The molecular weight excluding hydrogens is 418 g/mol. The molecule has 8 heteroatoms. The average Bonchev–Trinajstić information content (AvgIpc) is 3.23. The van der Waals surface area contributed by atoms with Crippen LogP contribution in [0.15, 0.2) is 48.8 Å². The zero-order chi connectivity index (χ0) is 23.0. The van der Waals surface area contributed by atoms with Crippen molar-refractivity contribution in [2.45, 2.75) is 51.9 Å². The quantitative estimate of drug-likeness (QED) is 0.644. The summed E-state index contributed by atoms with van der Waals surface area (Å²) in [5.41, 5.74) is 4.60. The van der Waals surface area contributed by atoms with Crippen LogP contribution in [0, 0.1) is 0 Å². The second-order valence-electron chi connectivity index (χ2n) is 9.52. The van der Waals surface area contributed by atoms with Gasteiger partial charge in [-0.15, -0.1) is 0 Å². The van der Waals surface area contributed by atoms with Crippen molar-refractivity contribution in [1.82, 2.24) is 20.1 Å². The van der Waals surface area contributed by atoms with Gasteiger partial charge in [-0.25, -0.2) is 14.5 Å². The summed E-state index contributed by atoms with van der Waals surface area (Å²) in [5, 5.41) is 7.79. The molecule has 0 spiro atoms. The van der Waals surface area contributed by atoms with E-state index in [1.165, 1.54) is 5.69 Å². The smallest absolute Gasteiger partial charge is 0.407 e. The number of amides is 1. The Morgan fingerprint density at radius 1 is 1.12 bits per heavy atom. The average molecular weight is 448 g/mol. The van der Waals surface area contributed by atoms with Crippen molar-refractivity contribution in [1.29, 1.82) is 0 Å². The molecule has 0 atom stereocenters. The third-order valence-electron chi connectivity index (χ3n) is 5.88. The van der Waals surface area contributed by atoms with Gasteiger partial charge in [0, 0.05) is 42.8 Å². The highest BCUT2D eigenvalue weighted by atomic mass is 16.6. The van der Waals surface area contributed by atoms with Crippen LogP contribution < -0.4 is 15.0 Å². The van der Waals surface area contributed by atoms with Crippen molar-refractivity contribution >= 4 is 11.8 Å². The third-order valence-corrected chi connectivity index (χ3v) is 5.88. The molecule has 1 fully saturated rings. The van der Waals surface area contributed by atoms with Gasteiger partial charge in [0.05, 0.1) is 11.3 Å². The summed E-state index contributed by atoms with van der Waals surface area (Å²) >= 11 is 0. The summed E-state index contributed by atoms with van der Waals surface area (Å²) in [7, 11) is 0. The molecule has 0 bridgehead atoms. The Morgan fingerprint density at radius 2 is 1.85 bits per heavy atom. The number of ether oxygens (including phenoxy) is 2. The number of carbonyl (C=O) groups excluding carboxylic acids is 1. The van der Waals surface area contributed by atoms with Crippen LogP contribution in [0.25, 0.3) is 16.9 Å². The molecule has 0 aliphatic carbocycles. The van der Waals surface area contributed by atoms with E-state index in [9.17, 15) is 4.79 Å². The Bertz CT molecular complexity index is 1140. The van der Waals surface area contributed by atoms with Crippen molar-refractivity contribution in [3.05, 3.63) is 54.4 Å². The Labute approximate surface area is 193 Å². The summed E-state index contributed by atoms with van der Waals surface area (Å²) in [6, 6.07) is 12.5. The zero-order valence-corrected chi connectivity index (χ0v) is 19.2. The summed E-state index contributed by atoms with van der Waals surface area (Å²) in [4.78, 5) is 18.7. The Balaban J connectivity index is 1.22. The van der Waals surface area contributed by atoms with E-state index in [0.29, 0.717) is 12.5 Å². The van der Waals surface area contributed by atoms with Gasteiger partial charge in [-0.2, -0.15) is 5.10 Å². The largest absolute Gasteiger partial charge is 0.472 e. The van der Waals surface area contributed by atoms with E-state index >= 15 is 0 Å². The Kier molecular flexibility index (Phi) is 5.44. The second-order valence-corrected chi connectivity index (χ2v) is 9.52. The number of rotatable bonds is 3. The van der Waals surface area contributed by atoms with Crippen molar-refractivity contribution in [3.63, 3.8) is 0 Å². The lowest BCUT2D eigenvalue weighted by Gasteiger charge is -2.34. The molecule has 172 valence electrons. The van der Waals surface area contributed by atoms with Crippen molar-refractivity contribution < 1.29 is 14.3 Å². The van der Waals surface area contributed by atoms with Gasteiger partial charge in [-0.05, 0) is 70.0 Å². The number of piperidine rings is 1. The zero-order valence-electron chi connectivity index (χ0n) is 19.2. The number of aromatic nitrogens is 3. The topological polar surface area (TPSA) is 81.5 Å². The molecule has 8 nitrogen and oxygen atoms in total. The molecule has 1 amide bonds. The van der Waals surface area contributed by atoms with E-state index in [1.54, 1.807) is 6.20 Å². The molecule has 1 N–H and O–H groups in total. The summed E-state index contributed by atoms with van der Waals surface area (Å²) in [5.74, 6) is 0.634. The number of hydrogen-bond acceptors (Lipinski definition) is 6. The number of pyridine rings is 1. The lowest BCUT2D eigenvalue weighted by atomic mass is 10.0. The molecule has 4 heterocycles. The van der Waals surface area contributed by atoms with Crippen LogP contribution >= 0.6 is 0 Å². The maximum Gasteiger partial charge on any atom is 0.407 e. The Hall–Kier alpha value is -3.55. The number of fused-ring (bicyclic) bond motifs is 3. The van der Waals surface area contributed by atoms with E-state index in [4.69, 9.17) is 14.6 Å². The first kappa shape index (κ1) is 21.3. The van der Waals surface area contributed by atoms with Crippen LogP contribution in [0.3, 0.4) is 0 Å². The number of carbonyl (C=O) groups is 1. The van der Waals surface area contributed by atoms with Crippen molar-refractivity contribution in [2.75, 3.05) is 18.0 Å². The van der Waals surface area contributed by atoms with E-state index in [2.05, 4.69) is 39.5 Å². The molecule has 0 radical (unpaired) electrons. The van der Waals surface area contributed by atoms with Crippen molar-refractivity contribution in [2.24, 2.45) is 0 Å². The number of nitrogens with zero attached hydrogens (tertiary/aromatic N) is 4. The van der Waals surface area contributed by atoms with Gasteiger partial charge in [0.1, 0.15) is 17.9 Å². The standard InChI is InChI=1S/C25H29N5O3/c1-25(2,3)33-24(31)27-18-10-13-29(14-11-18)19-6-8-20(9-7-19)30-15-17-16-32-23-21(22(17)28-30)5-4-12-26-23/h4-9,12,15,18H,10-11,13-14,16H2,1-3H3,(H,27,31). The van der Waals surface area contributed by atoms with Crippen LogP contribution in [-0.4, -0.2) is 45.6 Å². The highest BCUT2D eigenvalue weighted by Crippen LogP contribution is 2.35. The minimum Gasteiger partial charge on any atom is -0.472 e. The third kappa shape index (κ3) is 4.65. The van der Waals surface area contributed by atoms with Crippen LogP contribution in [-0.2, 0) is 11.3 Å². The fraction of sp³-hybridized carbons (Fsp3) is 0.400. The highest BCUT2D eigenvalue weighted by molar-refractivity contribution is 5.70. The fourth-order valence-corrected chi connectivity index (χ4v) is 4.28. The molecule has 5 rings (SSSR count). The van der Waals surface area contributed by atoms with Gasteiger partial charge in [0.15, 0.2) is 0 Å².